The van der Waals surface area contributed by atoms with E-state index in [1.54, 1.807) is 0 Å². The summed E-state index contributed by atoms with van der Waals surface area (Å²) in [6.45, 7) is 5.47. The molecule has 1 saturated heterocycles. The lowest BCUT2D eigenvalue weighted by molar-refractivity contribution is 0.163. The number of aryl methyl sites for hydroxylation is 1. The molecule has 0 radical (unpaired) electrons. The molecule has 4 nitrogen and oxygen atoms in total. The van der Waals surface area contributed by atoms with Crippen LogP contribution in [0, 0.1) is 5.92 Å². The molecule has 0 saturated carbocycles. The molecule has 2 heterocycles. The van der Waals surface area contributed by atoms with E-state index >= 15 is 0 Å². The van der Waals surface area contributed by atoms with Gasteiger partial charge in [0, 0.05) is 25.8 Å². The van der Waals surface area contributed by atoms with Crippen molar-refractivity contribution < 1.29 is 0 Å². The number of hydrogen-bond acceptors (Lipinski definition) is 3. The summed E-state index contributed by atoms with van der Waals surface area (Å²) in [5.41, 5.74) is 7.23. The summed E-state index contributed by atoms with van der Waals surface area (Å²) >= 11 is 0. The van der Waals surface area contributed by atoms with E-state index in [9.17, 15) is 0 Å². The van der Waals surface area contributed by atoms with E-state index in [1.807, 2.05) is 12.5 Å². The van der Waals surface area contributed by atoms with Crippen LogP contribution in [0.3, 0.4) is 0 Å². The van der Waals surface area contributed by atoms with Gasteiger partial charge in [-0.3, -0.25) is 4.90 Å². The number of imidazole rings is 1. The summed E-state index contributed by atoms with van der Waals surface area (Å²) in [7, 11) is 2.05. The predicted molar refractivity (Wildman–Crippen MR) is 64.9 cm³/mol. The third kappa shape index (κ3) is 2.62. The first kappa shape index (κ1) is 11.6. The molecule has 0 bridgehead atoms. The fourth-order valence-electron chi connectivity index (χ4n) is 2.40. The molecule has 0 aromatic carbocycles. The molecular weight excluding hydrogens is 200 g/mol. The van der Waals surface area contributed by atoms with Gasteiger partial charge in [-0.25, -0.2) is 4.98 Å². The Morgan fingerprint density at radius 2 is 2.19 bits per heavy atom. The van der Waals surface area contributed by atoms with E-state index in [0.717, 1.165) is 19.6 Å². The number of hydrogen-bond donors (Lipinski definition) is 1. The number of likely N-dealkylation sites (tertiary alicyclic amines) is 1. The minimum Gasteiger partial charge on any atom is -0.337 e. The molecule has 1 fully saturated rings. The lowest BCUT2D eigenvalue weighted by Crippen LogP contribution is -2.39. The van der Waals surface area contributed by atoms with Gasteiger partial charge in [0.2, 0.25) is 0 Å². The van der Waals surface area contributed by atoms with Crippen LogP contribution in [0.2, 0.25) is 0 Å². The van der Waals surface area contributed by atoms with E-state index in [2.05, 4.69) is 28.4 Å². The molecule has 16 heavy (non-hydrogen) atoms. The third-order valence-corrected chi connectivity index (χ3v) is 3.68. The maximum atomic E-state index is 5.94. The maximum Gasteiger partial charge on any atom is 0.0945 e. The van der Waals surface area contributed by atoms with Gasteiger partial charge in [0.1, 0.15) is 0 Å². The van der Waals surface area contributed by atoms with E-state index in [-0.39, 0.29) is 0 Å². The maximum absolute atomic E-state index is 5.94. The van der Waals surface area contributed by atoms with Crippen LogP contribution in [-0.2, 0) is 13.6 Å². The van der Waals surface area contributed by atoms with Gasteiger partial charge >= 0.3 is 0 Å². The molecule has 2 rings (SSSR count). The van der Waals surface area contributed by atoms with Crippen LogP contribution in [0.15, 0.2) is 12.5 Å². The highest BCUT2D eigenvalue weighted by Crippen LogP contribution is 2.20. The van der Waals surface area contributed by atoms with Crippen LogP contribution in [0.4, 0.5) is 0 Å². The van der Waals surface area contributed by atoms with Crippen molar-refractivity contribution in [1.82, 2.24) is 14.5 Å². The van der Waals surface area contributed by atoms with Crippen LogP contribution < -0.4 is 5.73 Å². The standard InChI is InChI=1S/C12H22N4/c1-10(13)11-3-5-16(6-4-11)8-12-7-14-9-15(12)2/h7,9-11H,3-6,8,13H2,1-2H3. The van der Waals surface area contributed by atoms with Crippen LogP contribution >= 0.6 is 0 Å². The molecule has 4 heteroatoms. The molecule has 1 unspecified atom stereocenters. The minimum atomic E-state index is 0.346. The average molecular weight is 222 g/mol. The van der Waals surface area contributed by atoms with Crippen LogP contribution in [0.1, 0.15) is 25.5 Å². The Morgan fingerprint density at radius 3 is 2.69 bits per heavy atom. The fourth-order valence-corrected chi connectivity index (χ4v) is 2.40. The number of aromatic nitrogens is 2. The van der Waals surface area contributed by atoms with Crippen molar-refractivity contribution in [2.45, 2.75) is 32.4 Å². The second kappa shape index (κ2) is 4.97. The van der Waals surface area contributed by atoms with Crippen molar-refractivity contribution in [3.63, 3.8) is 0 Å². The summed E-state index contributed by atoms with van der Waals surface area (Å²) in [6.07, 6.45) is 6.28. The fraction of sp³-hybridized carbons (Fsp3) is 0.750. The highest BCUT2D eigenvalue weighted by molar-refractivity contribution is 4.97. The highest BCUT2D eigenvalue weighted by Gasteiger charge is 2.22. The second-order valence-corrected chi connectivity index (χ2v) is 4.97. The summed E-state index contributed by atoms with van der Waals surface area (Å²) < 4.78 is 2.09. The van der Waals surface area contributed by atoms with E-state index in [4.69, 9.17) is 5.73 Å². The Balaban J connectivity index is 1.84. The Labute approximate surface area is 97.4 Å². The summed E-state index contributed by atoms with van der Waals surface area (Å²) in [5, 5.41) is 0. The molecule has 0 spiro atoms. The molecule has 1 aliphatic rings. The molecule has 0 amide bonds. The lowest BCUT2D eigenvalue weighted by atomic mass is 9.91. The topological polar surface area (TPSA) is 47.1 Å². The van der Waals surface area contributed by atoms with Crippen molar-refractivity contribution in [3.8, 4) is 0 Å². The van der Waals surface area contributed by atoms with Gasteiger partial charge in [0.05, 0.1) is 12.0 Å². The molecule has 2 N–H and O–H groups in total. The van der Waals surface area contributed by atoms with Crippen molar-refractivity contribution in [3.05, 3.63) is 18.2 Å². The molecule has 1 atom stereocenters. The molecule has 1 aliphatic heterocycles. The van der Waals surface area contributed by atoms with Gasteiger partial charge in [-0.15, -0.1) is 0 Å². The highest BCUT2D eigenvalue weighted by atomic mass is 15.2. The number of piperidine rings is 1. The summed E-state index contributed by atoms with van der Waals surface area (Å²) in [6, 6.07) is 0.346. The zero-order chi connectivity index (χ0) is 11.5. The third-order valence-electron chi connectivity index (χ3n) is 3.68. The summed E-state index contributed by atoms with van der Waals surface area (Å²) in [4.78, 5) is 6.64. The first-order valence-electron chi connectivity index (χ1n) is 6.10. The van der Waals surface area contributed by atoms with E-state index in [1.165, 1.54) is 18.5 Å². The number of rotatable bonds is 3. The van der Waals surface area contributed by atoms with Crippen LogP contribution in [0.25, 0.3) is 0 Å². The quantitative estimate of drug-likeness (QED) is 0.829. The average Bonchev–Trinajstić information content (AvgIpc) is 2.65. The van der Waals surface area contributed by atoms with Crippen molar-refractivity contribution in [2.24, 2.45) is 18.7 Å². The first-order valence-corrected chi connectivity index (χ1v) is 6.10. The van der Waals surface area contributed by atoms with Gasteiger partial charge in [-0.05, 0) is 38.8 Å². The SMILES string of the molecule is CC(N)C1CCN(Cc2cncn2C)CC1. The van der Waals surface area contributed by atoms with Crippen molar-refractivity contribution >= 4 is 0 Å². The van der Waals surface area contributed by atoms with Gasteiger partial charge in [0.15, 0.2) is 0 Å². The van der Waals surface area contributed by atoms with E-state index < -0.39 is 0 Å². The molecule has 1 aromatic rings. The Morgan fingerprint density at radius 1 is 1.50 bits per heavy atom. The van der Waals surface area contributed by atoms with Crippen LogP contribution in [0.5, 0.6) is 0 Å². The lowest BCUT2D eigenvalue weighted by Gasteiger charge is -2.33. The van der Waals surface area contributed by atoms with E-state index in [0.29, 0.717) is 12.0 Å². The Hall–Kier alpha value is -0.870. The smallest absolute Gasteiger partial charge is 0.0945 e. The first-order chi connectivity index (χ1) is 7.66. The van der Waals surface area contributed by atoms with Gasteiger partial charge in [-0.2, -0.15) is 0 Å². The normalized spacial score (nSPS) is 21.2. The monoisotopic (exact) mass is 222 g/mol. The van der Waals surface area contributed by atoms with Crippen LogP contribution in [-0.4, -0.2) is 33.6 Å². The zero-order valence-corrected chi connectivity index (χ0v) is 10.3. The number of nitrogens with zero attached hydrogens (tertiary/aromatic N) is 3. The van der Waals surface area contributed by atoms with Gasteiger partial charge in [-0.1, -0.05) is 0 Å². The number of nitrogens with two attached hydrogens (primary N) is 1. The second-order valence-electron chi connectivity index (χ2n) is 4.97. The Kier molecular flexibility index (Phi) is 3.61. The van der Waals surface area contributed by atoms with Crippen molar-refractivity contribution in [1.29, 1.82) is 0 Å². The summed E-state index contributed by atoms with van der Waals surface area (Å²) in [5.74, 6) is 0.711. The zero-order valence-electron chi connectivity index (χ0n) is 10.3. The molecule has 1 aromatic heterocycles. The molecule has 90 valence electrons. The van der Waals surface area contributed by atoms with Gasteiger partial charge in [0.25, 0.3) is 0 Å². The predicted octanol–water partition coefficient (Wildman–Crippen LogP) is 0.979. The van der Waals surface area contributed by atoms with Crippen molar-refractivity contribution in [2.75, 3.05) is 13.1 Å². The van der Waals surface area contributed by atoms with Gasteiger partial charge < -0.3 is 10.3 Å². The largest absolute Gasteiger partial charge is 0.337 e. The minimum absolute atomic E-state index is 0.346. The Bertz CT molecular complexity index is 324. The molecule has 0 aliphatic carbocycles. The molecular formula is C12H22N4.